The summed E-state index contributed by atoms with van der Waals surface area (Å²) in [6.07, 6.45) is 0.879. The molecule has 0 radical (unpaired) electrons. The molecule has 0 amide bonds. The summed E-state index contributed by atoms with van der Waals surface area (Å²) in [6, 6.07) is 0. The largest absolute Gasteiger partial charge is 0.314 e. The molecule has 1 aliphatic carbocycles. The number of hydrogen-bond acceptors (Lipinski definition) is 3. The van der Waals surface area contributed by atoms with Gasteiger partial charge in [0.1, 0.15) is 11.4 Å². The molecule has 1 heterocycles. The first-order chi connectivity index (χ1) is 7.72. The molecule has 0 atom stereocenters. The Morgan fingerprint density at radius 1 is 1.50 bits per heavy atom. The maximum atomic E-state index is 12.9. The number of aromatic nitrogens is 3. The van der Waals surface area contributed by atoms with Gasteiger partial charge in [-0.3, -0.25) is 0 Å². The molecule has 0 saturated heterocycles. The lowest BCUT2D eigenvalue weighted by molar-refractivity contribution is 0.137. The molecule has 0 unspecified atom stereocenters. The highest BCUT2D eigenvalue weighted by Crippen LogP contribution is 2.33. The Kier molecular flexibility index (Phi) is 3.48. The molecular formula is C10H16F2N4. The van der Waals surface area contributed by atoms with Crippen LogP contribution in [0.2, 0.25) is 0 Å². The third-order valence-electron chi connectivity index (χ3n) is 2.84. The first-order valence-electron chi connectivity index (χ1n) is 5.57. The highest BCUT2D eigenvalue weighted by atomic mass is 19.3. The standard InChI is InChI=1S/C10H16F2N4/c1-13-6-8-9(10(11)12)16(15-14-8)5-4-7-2-3-7/h7,10,13H,2-6H2,1H3. The lowest BCUT2D eigenvalue weighted by Crippen LogP contribution is -2.11. The second-order valence-electron chi connectivity index (χ2n) is 4.21. The van der Waals surface area contributed by atoms with Crippen LogP contribution in [0.4, 0.5) is 8.78 Å². The lowest BCUT2D eigenvalue weighted by atomic mass is 10.2. The van der Waals surface area contributed by atoms with Gasteiger partial charge in [0.2, 0.25) is 0 Å². The van der Waals surface area contributed by atoms with Crippen LogP contribution in [0, 0.1) is 5.92 Å². The van der Waals surface area contributed by atoms with Crippen molar-refractivity contribution in [2.45, 2.75) is 38.8 Å². The van der Waals surface area contributed by atoms with Crippen molar-refractivity contribution in [1.29, 1.82) is 0 Å². The Hall–Kier alpha value is -1.04. The lowest BCUT2D eigenvalue weighted by Gasteiger charge is -2.06. The SMILES string of the molecule is CNCc1nnn(CCC2CC2)c1C(F)F. The fourth-order valence-electron chi connectivity index (χ4n) is 1.76. The molecule has 1 fully saturated rings. The summed E-state index contributed by atoms with van der Waals surface area (Å²) in [4.78, 5) is 0. The van der Waals surface area contributed by atoms with E-state index in [0.717, 1.165) is 6.42 Å². The Morgan fingerprint density at radius 2 is 2.25 bits per heavy atom. The Balaban J connectivity index is 2.08. The fourth-order valence-corrected chi connectivity index (χ4v) is 1.76. The molecule has 1 saturated carbocycles. The summed E-state index contributed by atoms with van der Waals surface area (Å²) >= 11 is 0. The molecule has 0 aliphatic heterocycles. The zero-order chi connectivity index (χ0) is 11.5. The summed E-state index contributed by atoms with van der Waals surface area (Å²) in [6.45, 7) is 0.893. The van der Waals surface area contributed by atoms with Crippen molar-refractivity contribution in [3.8, 4) is 0 Å². The van der Waals surface area contributed by atoms with Crippen LogP contribution in [-0.2, 0) is 13.1 Å². The van der Waals surface area contributed by atoms with E-state index in [1.807, 2.05) is 0 Å². The molecule has 0 spiro atoms. The van der Waals surface area contributed by atoms with Crippen LogP contribution in [0.3, 0.4) is 0 Å². The molecule has 0 bridgehead atoms. The van der Waals surface area contributed by atoms with Crippen molar-refractivity contribution >= 4 is 0 Å². The van der Waals surface area contributed by atoms with Crippen LogP contribution in [-0.4, -0.2) is 22.0 Å². The second kappa shape index (κ2) is 4.86. The minimum Gasteiger partial charge on any atom is -0.314 e. The van der Waals surface area contributed by atoms with E-state index in [1.54, 1.807) is 7.05 Å². The molecule has 16 heavy (non-hydrogen) atoms. The monoisotopic (exact) mass is 230 g/mol. The van der Waals surface area contributed by atoms with E-state index in [9.17, 15) is 8.78 Å². The van der Waals surface area contributed by atoms with E-state index in [2.05, 4.69) is 15.6 Å². The van der Waals surface area contributed by atoms with E-state index < -0.39 is 6.43 Å². The van der Waals surface area contributed by atoms with Crippen molar-refractivity contribution in [3.63, 3.8) is 0 Å². The molecule has 6 heteroatoms. The van der Waals surface area contributed by atoms with Gasteiger partial charge in [-0.05, 0) is 19.4 Å². The maximum absolute atomic E-state index is 12.9. The van der Waals surface area contributed by atoms with E-state index in [-0.39, 0.29) is 5.69 Å². The van der Waals surface area contributed by atoms with Crippen molar-refractivity contribution < 1.29 is 8.78 Å². The van der Waals surface area contributed by atoms with Gasteiger partial charge in [-0.15, -0.1) is 5.10 Å². The summed E-state index contributed by atoms with van der Waals surface area (Å²) < 4.78 is 27.1. The summed E-state index contributed by atoms with van der Waals surface area (Å²) in [5.74, 6) is 0.711. The predicted octanol–water partition coefficient (Wildman–Crippen LogP) is 1.74. The quantitative estimate of drug-likeness (QED) is 0.809. The van der Waals surface area contributed by atoms with Gasteiger partial charge in [0.15, 0.2) is 0 Å². The van der Waals surface area contributed by atoms with Gasteiger partial charge in [0, 0.05) is 13.1 Å². The molecule has 0 aromatic carbocycles. The smallest absolute Gasteiger partial charge is 0.281 e. The van der Waals surface area contributed by atoms with Crippen molar-refractivity contribution in [2.24, 2.45) is 5.92 Å². The average Bonchev–Trinajstić information content (AvgIpc) is 2.98. The number of nitrogens with zero attached hydrogens (tertiary/aromatic N) is 3. The molecule has 1 aromatic heterocycles. The van der Waals surface area contributed by atoms with Crippen molar-refractivity contribution in [2.75, 3.05) is 7.05 Å². The molecule has 1 aliphatic rings. The average molecular weight is 230 g/mol. The van der Waals surface area contributed by atoms with Crippen LogP contribution >= 0.6 is 0 Å². The maximum Gasteiger partial charge on any atom is 0.281 e. The zero-order valence-corrected chi connectivity index (χ0v) is 9.29. The first kappa shape index (κ1) is 11.4. The topological polar surface area (TPSA) is 42.7 Å². The zero-order valence-electron chi connectivity index (χ0n) is 9.29. The summed E-state index contributed by atoms with van der Waals surface area (Å²) in [5.41, 5.74) is 0.322. The molecule has 2 rings (SSSR count). The first-order valence-corrected chi connectivity index (χ1v) is 5.57. The minimum absolute atomic E-state index is 0.0324. The molecular weight excluding hydrogens is 214 g/mol. The summed E-state index contributed by atoms with van der Waals surface area (Å²) in [7, 11) is 1.71. The van der Waals surface area contributed by atoms with Crippen LogP contribution in [0.25, 0.3) is 0 Å². The number of nitrogens with one attached hydrogen (secondary N) is 1. The van der Waals surface area contributed by atoms with Gasteiger partial charge >= 0.3 is 0 Å². The van der Waals surface area contributed by atoms with Crippen LogP contribution in [0.15, 0.2) is 0 Å². The highest BCUT2D eigenvalue weighted by molar-refractivity contribution is 5.11. The molecule has 90 valence electrons. The van der Waals surface area contributed by atoms with Gasteiger partial charge in [-0.2, -0.15) is 0 Å². The highest BCUT2D eigenvalue weighted by Gasteiger charge is 2.24. The summed E-state index contributed by atoms with van der Waals surface area (Å²) in [5, 5.41) is 10.4. The molecule has 4 nitrogen and oxygen atoms in total. The third-order valence-corrected chi connectivity index (χ3v) is 2.84. The van der Waals surface area contributed by atoms with Gasteiger partial charge in [-0.1, -0.05) is 18.1 Å². The van der Waals surface area contributed by atoms with Gasteiger partial charge in [0.25, 0.3) is 6.43 Å². The molecule has 1 N–H and O–H groups in total. The Morgan fingerprint density at radius 3 is 2.81 bits per heavy atom. The second-order valence-corrected chi connectivity index (χ2v) is 4.21. The predicted molar refractivity (Wildman–Crippen MR) is 55.1 cm³/mol. The van der Waals surface area contributed by atoms with Crippen molar-refractivity contribution in [3.05, 3.63) is 11.4 Å². The number of rotatable bonds is 6. The fraction of sp³-hybridized carbons (Fsp3) is 0.800. The van der Waals surface area contributed by atoms with Crippen molar-refractivity contribution in [1.82, 2.24) is 20.3 Å². The van der Waals surface area contributed by atoms with Gasteiger partial charge in [0.05, 0.1) is 0 Å². The van der Waals surface area contributed by atoms with E-state index in [0.29, 0.717) is 24.7 Å². The third kappa shape index (κ3) is 2.55. The van der Waals surface area contributed by atoms with E-state index in [4.69, 9.17) is 0 Å². The van der Waals surface area contributed by atoms with Crippen LogP contribution in [0.1, 0.15) is 37.1 Å². The van der Waals surface area contributed by atoms with E-state index >= 15 is 0 Å². The van der Waals surface area contributed by atoms with Crippen LogP contribution < -0.4 is 5.32 Å². The Labute approximate surface area is 93.0 Å². The van der Waals surface area contributed by atoms with Crippen LogP contribution in [0.5, 0.6) is 0 Å². The molecule has 1 aromatic rings. The number of aryl methyl sites for hydroxylation is 1. The van der Waals surface area contributed by atoms with Gasteiger partial charge in [-0.25, -0.2) is 13.5 Å². The minimum atomic E-state index is -2.50. The van der Waals surface area contributed by atoms with E-state index in [1.165, 1.54) is 17.5 Å². The Bertz CT molecular complexity index is 347. The normalized spacial score (nSPS) is 16.0. The van der Waals surface area contributed by atoms with Gasteiger partial charge < -0.3 is 5.32 Å². The number of hydrogen-bond donors (Lipinski definition) is 1. The number of halogens is 2. The number of alkyl halides is 2.